The van der Waals surface area contributed by atoms with E-state index in [0.29, 0.717) is 0 Å². The van der Waals surface area contributed by atoms with Gasteiger partial charge in [0.1, 0.15) is 7.28 Å². The zero-order chi connectivity index (χ0) is 6.24. The Morgan fingerprint density at radius 1 is 1.50 bits per heavy atom. The minimum absolute atomic E-state index is 1.14. The van der Waals surface area contributed by atoms with Crippen molar-refractivity contribution in [3.8, 4) is 0 Å². The van der Waals surface area contributed by atoms with Gasteiger partial charge in [0.2, 0.25) is 0 Å². The molecule has 0 rings (SSSR count). The highest BCUT2D eigenvalue weighted by Gasteiger charge is 1.74. The molecule has 0 aliphatic carbocycles. The molecule has 0 heterocycles. The summed E-state index contributed by atoms with van der Waals surface area (Å²) in [6.07, 6.45) is 1.14. The van der Waals surface area contributed by atoms with Crippen LogP contribution in [-0.2, 0) is 0 Å². The second-order valence-electron chi connectivity index (χ2n) is 1.43. The van der Waals surface area contributed by atoms with Crippen LogP contribution in [0.4, 0.5) is 0 Å². The van der Waals surface area contributed by atoms with Crippen molar-refractivity contribution >= 4 is 19.0 Å². The lowest BCUT2D eigenvalue weighted by Gasteiger charge is -1.82. The summed E-state index contributed by atoms with van der Waals surface area (Å²) in [7, 11) is 2.16. The van der Waals surface area contributed by atoms with E-state index in [9.17, 15) is 0 Å². The zero-order valence-electron chi connectivity index (χ0n) is 5.55. The molecule has 0 amide bonds. The third-order valence-electron chi connectivity index (χ3n) is 0.713. The predicted octanol–water partition coefficient (Wildman–Crippen LogP) is 2.35. The summed E-state index contributed by atoms with van der Waals surface area (Å²) in [5, 5.41) is 2.13. The van der Waals surface area contributed by atoms with E-state index in [4.69, 9.17) is 0 Å². The first kappa shape index (κ1) is 8.15. The molecular formula is C6H12BS. The third-order valence-corrected chi connectivity index (χ3v) is 1.40. The lowest BCUT2D eigenvalue weighted by molar-refractivity contribution is 1.46. The van der Waals surface area contributed by atoms with Gasteiger partial charge in [-0.3, -0.25) is 0 Å². The molecule has 0 saturated carbocycles. The smallest absolute Gasteiger partial charge is 0.136 e. The molecule has 0 spiro atoms. The van der Waals surface area contributed by atoms with Crippen LogP contribution in [0.5, 0.6) is 0 Å². The highest BCUT2D eigenvalue weighted by atomic mass is 32.2. The number of hydrogen-bond acceptors (Lipinski definition) is 1. The van der Waals surface area contributed by atoms with Crippen molar-refractivity contribution in [2.75, 3.05) is 5.75 Å². The number of hydrogen-bond donors (Lipinski definition) is 0. The molecule has 0 aromatic rings. The van der Waals surface area contributed by atoms with E-state index in [2.05, 4.69) is 32.5 Å². The molecule has 1 radical (unpaired) electrons. The molecule has 0 atom stereocenters. The normalized spacial score (nSPS) is 10.2. The fourth-order valence-corrected chi connectivity index (χ4v) is 0.758. The Morgan fingerprint density at radius 3 is 2.75 bits per heavy atom. The van der Waals surface area contributed by atoms with E-state index in [1.165, 1.54) is 5.75 Å². The van der Waals surface area contributed by atoms with Crippen molar-refractivity contribution in [1.29, 1.82) is 0 Å². The molecule has 0 unspecified atom stereocenters. The summed E-state index contributed by atoms with van der Waals surface area (Å²) in [5.41, 5.74) is 0. The van der Waals surface area contributed by atoms with Crippen LogP contribution in [0.25, 0.3) is 0 Å². The third kappa shape index (κ3) is 6.15. The van der Waals surface area contributed by atoms with Crippen LogP contribution in [0.2, 0.25) is 6.32 Å². The highest BCUT2D eigenvalue weighted by Crippen LogP contribution is 1.98. The Bertz CT molecular complexity index is 53.5. The van der Waals surface area contributed by atoms with Crippen LogP contribution in [0.1, 0.15) is 13.8 Å². The molecule has 2 heteroatoms. The first-order valence-electron chi connectivity index (χ1n) is 3.01. The largest absolute Gasteiger partial charge is 0.141 e. The van der Waals surface area contributed by atoms with Crippen molar-refractivity contribution in [2.24, 2.45) is 0 Å². The van der Waals surface area contributed by atoms with Crippen molar-refractivity contribution in [2.45, 2.75) is 20.2 Å². The molecule has 0 nitrogen and oxygen atoms in total. The van der Waals surface area contributed by atoms with Gasteiger partial charge in [-0.1, -0.05) is 20.2 Å². The van der Waals surface area contributed by atoms with E-state index in [0.717, 1.165) is 6.32 Å². The average Bonchev–Trinajstić information content (AvgIpc) is 1.81. The topological polar surface area (TPSA) is 0 Å². The molecule has 0 aromatic heterocycles. The summed E-state index contributed by atoms with van der Waals surface area (Å²) < 4.78 is 0. The fraction of sp³-hybridized carbons (Fsp3) is 0.667. The molecule has 45 valence electrons. The maximum absolute atomic E-state index is 2.16. The van der Waals surface area contributed by atoms with Crippen LogP contribution < -0.4 is 0 Å². The van der Waals surface area contributed by atoms with Crippen LogP contribution in [0.15, 0.2) is 11.4 Å². The number of thioether (sulfide) groups is 1. The minimum Gasteiger partial charge on any atom is -0.136 e. The lowest BCUT2D eigenvalue weighted by Crippen LogP contribution is -1.75. The van der Waals surface area contributed by atoms with Crippen LogP contribution >= 0.6 is 11.8 Å². The number of rotatable bonds is 4. The molecular weight excluding hydrogens is 115 g/mol. The molecule has 0 aromatic carbocycles. The summed E-state index contributed by atoms with van der Waals surface area (Å²) in [6.45, 7) is 4.29. The monoisotopic (exact) mass is 127 g/mol. The quantitative estimate of drug-likeness (QED) is 0.522. The Hall–Kier alpha value is 0.155. The van der Waals surface area contributed by atoms with E-state index < -0.39 is 0 Å². The Morgan fingerprint density at radius 2 is 2.25 bits per heavy atom. The predicted molar refractivity (Wildman–Crippen MR) is 43.5 cm³/mol. The molecule has 0 N–H and O–H groups in total. The maximum Gasteiger partial charge on any atom is 0.141 e. The van der Waals surface area contributed by atoms with Gasteiger partial charge in [-0.25, -0.2) is 0 Å². The minimum atomic E-state index is 1.14. The molecule has 8 heavy (non-hydrogen) atoms. The maximum atomic E-state index is 2.16. The van der Waals surface area contributed by atoms with E-state index in [-0.39, 0.29) is 0 Å². The second kappa shape index (κ2) is 7.15. The van der Waals surface area contributed by atoms with Gasteiger partial charge in [-0.05, 0) is 11.2 Å². The standard InChI is InChI=1S/C6H12BS/c1-3-7-5-6-8-4-2/h5-6H,3-4H2,1-2H3/b6-5-. The average molecular weight is 127 g/mol. The first-order chi connectivity index (χ1) is 3.91. The van der Waals surface area contributed by atoms with Crippen LogP contribution in [0.3, 0.4) is 0 Å². The summed E-state index contributed by atoms with van der Waals surface area (Å²) in [4.78, 5) is 0. The van der Waals surface area contributed by atoms with Crippen molar-refractivity contribution < 1.29 is 0 Å². The molecule has 0 aliphatic heterocycles. The van der Waals surface area contributed by atoms with Crippen molar-refractivity contribution in [1.82, 2.24) is 0 Å². The van der Waals surface area contributed by atoms with E-state index in [1.54, 1.807) is 0 Å². The Balaban J connectivity index is 2.83. The molecule has 0 saturated heterocycles. The summed E-state index contributed by atoms with van der Waals surface area (Å²) in [6, 6.07) is 0. The van der Waals surface area contributed by atoms with Gasteiger partial charge < -0.3 is 0 Å². The zero-order valence-corrected chi connectivity index (χ0v) is 6.37. The van der Waals surface area contributed by atoms with Crippen molar-refractivity contribution in [3.05, 3.63) is 11.4 Å². The van der Waals surface area contributed by atoms with E-state index >= 15 is 0 Å². The van der Waals surface area contributed by atoms with Gasteiger partial charge >= 0.3 is 0 Å². The Kier molecular flexibility index (Phi) is 7.29. The van der Waals surface area contributed by atoms with Gasteiger partial charge in [0.05, 0.1) is 0 Å². The van der Waals surface area contributed by atoms with Crippen molar-refractivity contribution in [3.63, 3.8) is 0 Å². The molecule has 0 bridgehead atoms. The van der Waals surface area contributed by atoms with Gasteiger partial charge in [0.15, 0.2) is 0 Å². The Labute approximate surface area is 57.0 Å². The van der Waals surface area contributed by atoms with Gasteiger partial charge in [0, 0.05) is 0 Å². The van der Waals surface area contributed by atoms with Crippen LogP contribution in [0, 0.1) is 0 Å². The SMILES string of the molecule is CC[B]/C=C\SCC. The highest BCUT2D eigenvalue weighted by molar-refractivity contribution is 8.02. The van der Waals surface area contributed by atoms with E-state index in [1.807, 2.05) is 11.8 Å². The van der Waals surface area contributed by atoms with Gasteiger partial charge in [0.25, 0.3) is 0 Å². The molecule has 0 fully saturated rings. The van der Waals surface area contributed by atoms with Gasteiger partial charge in [-0.15, -0.1) is 17.7 Å². The second-order valence-corrected chi connectivity index (χ2v) is 2.61. The molecule has 0 aliphatic rings. The fourth-order valence-electron chi connectivity index (χ4n) is 0.343. The lowest BCUT2D eigenvalue weighted by atomic mass is 9.76. The first-order valence-corrected chi connectivity index (χ1v) is 4.06. The van der Waals surface area contributed by atoms with Gasteiger partial charge in [-0.2, -0.15) is 0 Å². The summed E-state index contributed by atoms with van der Waals surface area (Å²) in [5.74, 6) is 3.28. The van der Waals surface area contributed by atoms with Crippen LogP contribution in [-0.4, -0.2) is 13.0 Å². The summed E-state index contributed by atoms with van der Waals surface area (Å²) >= 11 is 1.84.